The van der Waals surface area contributed by atoms with Crippen LogP contribution in [0.5, 0.6) is 0 Å². The first-order valence-electron chi connectivity index (χ1n) is 6.86. The van der Waals surface area contributed by atoms with Gasteiger partial charge in [0.25, 0.3) is 0 Å². The van der Waals surface area contributed by atoms with Gasteiger partial charge >= 0.3 is 12.0 Å². The fraction of sp³-hybridized carbons (Fsp3) is 0.571. The summed E-state index contributed by atoms with van der Waals surface area (Å²) in [5.41, 5.74) is -1.06. The summed E-state index contributed by atoms with van der Waals surface area (Å²) in [4.78, 5) is 23.0. The van der Waals surface area contributed by atoms with Gasteiger partial charge in [-0.3, -0.25) is 0 Å². The lowest BCUT2D eigenvalue weighted by Gasteiger charge is -2.38. The van der Waals surface area contributed by atoms with Gasteiger partial charge in [0, 0.05) is 12.5 Å². The molecule has 6 heteroatoms. The maximum Gasteiger partial charge on any atom is 0.329 e. The second-order valence-corrected chi connectivity index (χ2v) is 5.36. The zero-order chi connectivity index (χ0) is 14.6. The summed E-state index contributed by atoms with van der Waals surface area (Å²) in [7, 11) is 0. The number of furan rings is 1. The van der Waals surface area contributed by atoms with Gasteiger partial charge in [-0.1, -0.05) is 0 Å². The van der Waals surface area contributed by atoms with Crippen LogP contribution >= 0.6 is 0 Å². The lowest BCUT2D eigenvalue weighted by Crippen LogP contribution is -2.61. The molecule has 1 fully saturated rings. The van der Waals surface area contributed by atoms with Gasteiger partial charge in [0.15, 0.2) is 0 Å². The molecule has 1 aliphatic carbocycles. The normalized spacial score (nSPS) is 17.9. The van der Waals surface area contributed by atoms with Gasteiger partial charge < -0.3 is 20.2 Å². The van der Waals surface area contributed by atoms with E-state index in [1.54, 1.807) is 6.26 Å². The molecule has 1 heterocycles. The summed E-state index contributed by atoms with van der Waals surface area (Å²) >= 11 is 0. The van der Waals surface area contributed by atoms with Crippen molar-refractivity contribution < 1.29 is 19.1 Å². The monoisotopic (exact) mass is 280 g/mol. The molecule has 1 aromatic heterocycles. The fourth-order valence-corrected chi connectivity index (χ4v) is 2.29. The molecule has 1 aliphatic rings. The molecule has 0 bridgehead atoms. The number of hydrogen-bond acceptors (Lipinski definition) is 3. The number of carboxylic acid groups (broad SMARTS) is 1. The Morgan fingerprint density at radius 1 is 1.50 bits per heavy atom. The molecular formula is C14H20N2O4. The van der Waals surface area contributed by atoms with Crippen molar-refractivity contribution in [2.75, 3.05) is 0 Å². The number of aryl methyl sites for hydroxylation is 1. The van der Waals surface area contributed by atoms with Crippen LogP contribution in [-0.2, 0) is 11.2 Å². The second-order valence-electron chi connectivity index (χ2n) is 5.36. The van der Waals surface area contributed by atoms with Crippen molar-refractivity contribution in [2.24, 2.45) is 0 Å². The SMILES string of the molecule is CC(CCc1ccco1)NC(=O)NC1(C(=O)O)CCC1. The standard InChI is InChI=1S/C14H20N2O4/c1-10(5-6-11-4-2-9-20-11)15-13(19)16-14(12(17)18)7-3-8-14/h2,4,9-10H,3,5-8H2,1H3,(H,17,18)(H2,15,16,19). The lowest BCUT2D eigenvalue weighted by molar-refractivity contribution is -0.148. The summed E-state index contributed by atoms with van der Waals surface area (Å²) < 4.78 is 5.22. The minimum Gasteiger partial charge on any atom is -0.480 e. The summed E-state index contributed by atoms with van der Waals surface area (Å²) in [6.45, 7) is 1.89. The van der Waals surface area contributed by atoms with E-state index < -0.39 is 17.5 Å². The molecule has 6 nitrogen and oxygen atoms in total. The van der Waals surface area contributed by atoms with E-state index >= 15 is 0 Å². The fourth-order valence-electron chi connectivity index (χ4n) is 2.29. The predicted molar refractivity (Wildman–Crippen MR) is 72.4 cm³/mol. The van der Waals surface area contributed by atoms with E-state index in [1.807, 2.05) is 19.1 Å². The zero-order valence-electron chi connectivity index (χ0n) is 11.5. The Labute approximate surface area is 117 Å². The van der Waals surface area contributed by atoms with Crippen LogP contribution in [0.4, 0.5) is 4.79 Å². The molecule has 0 saturated heterocycles. The van der Waals surface area contributed by atoms with E-state index in [1.165, 1.54) is 0 Å². The highest BCUT2D eigenvalue weighted by molar-refractivity contribution is 5.87. The highest BCUT2D eigenvalue weighted by Gasteiger charge is 2.45. The Kier molecular flexibility index (Phi) is 4.32. The lowest BCUT2D eigenvalue weighted by atomic mass is 9.77. The number of rotatable bonds is 6. The molecule has 1 atom stereocenters. The average molecular weight is 280 g/mol. The first-order chi connectivity index (χ1) is 9.52. The molecule has 110 valence electrons. The Bertz CT molecular complexity index is 466. The molecule has 1 unspecified atom stereocenters. The third-order valence-corrected chi connectivity index (χ3v) is 3.75. The third kappa shape index (κ3) is 3.31. The van der Waals surface area contributed by atoms with Crippen molar-refractivity contribution >= 4 is 12.0 Å². The van der Waals surface area contributed by atoms with Crippen LogP contribution in [0.3, 0.4) is 0 Å². The largest absolute Gasteiger partial charge is 0.480 e. The zero-order valence-corrected chi connectivity index (χ0v) is 11.5. The minimum atomic E-state index is -1.06. The van der Waals surface area contributed by atoms with E-state index in [9.17, 15) is 9.59 Å². The molecular weight excluding hydrogens is 260 g/mol. The van der Waals surface area contributed by atoms with Gasteiger partial charge in [-0.05, 0) is 44.7 Å². The van der Waals surface area contributed by atoms with Crippen molar-refractivity contribution in [3.63, 3.8) is 0 Å². The van der Waals surface area contributed by atoms with Crippen molar-refractivity contribution in [1.82, 2.24) is 10.6 Å². The van der Waals surface area contributed by atoms with Gasteiger partial charge in [0.2, 0.25) is 0 Å². The first-order valence-corrected chi connectivity index (χ1v) is 6.86. The summed E-state index contributed by atoms with van der Waals surface area (Å²) in [6.07, 6.45) is 4.92. The van der Waals surface area contributed by atoms with Crippen LogP contribution in [0.1, 0.15) is 38.4 Å². The van der Waals surface area contributed by atoms with Crippen molar-refractivity contribution in [3.05, 3.63) is 24.2 Å². The minimum absolute atomic E-state index is 0.0500. The number of carbonyl (C=O) groups is 2. The molecule has 1 saturated carbocycles. The number of nitrogens with one attached hydrogen (secondary N) is 2. The summed E-state index contributed by atoms with van der Waals surface area (Å²) in [5, 5.41) is 14.5. The number of carbonyl (C=O) groups excluding carboxylic acids is 1. The highest BCUT2D eigenvalue weighted by atomic mass is 16.4. The Hall–Kier alpha value is -1.98. The molecule has 20 heavy (non-hydrogen) atoms. The third-order valence-electron chi connectivity index (χ3n) is 3.75. The number of urea groups is 1. The van der Waals surface area contributed by atoms with Crippen LogP contribution in [-0.4, -0.2) is 28.7 Å². The van der Waals surface area contributed by atoms with Gasteiger partial charge in [-0.15, -0.1) is 0 Å². The second kappa shape index (κ2) is 5.98. The van der Waals surface area contributed by atoms with Gasteiger partial charge in [0.05, 0.1) is 6.26 Å². The van der Waals surface area contributed by atoms with Crippen LogP contribution in [0.15, 0.2) is 22.8 Å². The number of amides is 2. The van der Waals surface area contributed by atoms with Gasteiger partial charge in [-0.25, -0.2) is 9.59 Å². The number of hydrogen-bond donors (Lipinski definition) is 3. The van der Waals surface area contributed by atoms with Crippen LogP contribution in [0.2, 0.25) is 0 Å². The molecule has 0 radical (unpaired) electrons. The van der Waals surface area contributed by atoms with E-state index in [0.29, 0.717) is 12.8 Å². The molecule has 2 amide bonds. The first kappa shape index (κ1) is 14.4. The molecule has 0 aromatic carbocycles. The number of aliphatic carboxylic acids is 1. The molecule has 2 rings (SSSR count). The predicted octanol–water partition coefficient (Wildman–Crippen LogP) is 1.91. The van der Waals surface area contributed by atoms with E-state index in [2.05, 4.69) is 10.6 Å². The quantitative estimate of drug-likeness (QED) is 0.742. The maximum absolute atomic E-state index is 11.8. The van der Waals surface area contributed by atoms with Crippen molar-refractivity contribution in [1.29, 1.82) is 0 Å². The Morgan fingerprint density at radius 3 is 2.75 bits per heavy atom. The highest BCUT2D eigenvalue weighted by Crippen LogP contribution is 2.31. The molecule has 0 aliphatic heterocycles. The van der Waals surface area contributed by atoms with Crippen LogP contribution < -0.4 is 10.6 Å². The van der Waals surface area contributed by atoms with Crippen LogP contribution in [0, 0.1) is 0 Å². The Balaban J connectivity index is 1.75. The molecule has 0 spiro atoms. The van der Waals surface area contributed by atoms with E-state index in [0.717, 1.165) is 25.0 Å². The smallest absolute Gasteiger partial charge is 0.329 e. The number of carboxylic acids is 1. The molecule has 1 aromatic rings. The maximum atomic E-state index is 11.8. The summed E-state index contributed by atoms with van der Waals surface area (Å²) in [6, 6.07) is 3.25. The molecule has 3 N–H and O–H groups in total. The van der Waals surface area contributed by atoms with E-state index in [-0.39, 0.29) is 6.04 Å². The van der Waals surface area contributed by atoms with Gasteiger partial charge in [-0.2, -0.15) is 0 Å². The summed E-state index contributed by atoms with van der Waals surface area (Å²) in [5.74, 6) is -0.0813. The average Bonchev–Trinajstić information content (AvgIpc) is 2.83. The topological polar surface area (TPSA) is 91.6 Å². The van der Waals surface area contributed by atoms with E-state index in [4.69, 9.17) is 9.52 Å². The van der Waals surface area contributed by atoms with Crippen LogP contribution in [0.25, 0.3) is 0 Å². The van der Waals surface area contributed by atoms with Crippen molar-refractivity contribution in [3.8, 4) is 0 Å². The van der Waals surface area contributed by atoms with Gasteiger partial charge in [0.1, 0.15) is 11.3 Å². The van der Waals surface area contributed by atoms with Crippen molar-refractivity contribution in [2.45, 2.75) is 50.6 Å². The Morgan fingerprint density at radius 2 is 2.25 bits per heavy atom.